The Kier molecular flexibility index (Phi) is 4.49. The van der Waals surface area contributed by atoms with Gasteiger partial charge in [0.1, 0.15) is 5.41 Å². The van der Waals surface area contributed by atoms with E-state index in [0.29, 0.717) is 12.8 Å². The van der Waals surface area contributed by atoms with E-state index < -0.39 is 5.41 Å². The van der Waals surface area contributed by atoms with Gasteiger partial charge in [-0.15, -0.1) is 0 Å². The molecule has 1 N–H and O–H groups in total. The maximum absolute atomic E-state index is 12.3. The first kappa shape index (κ1) is 14.2. The number of nitriles is 1. The molecule has 0 atom stereocenters. The van der Waals surface area contributed by atoms with Crippen LogP contribution in [0.25, 0.3) is 0 Å². The lowest BCUT2D eigenvalue weighted by molar-refractivity contribution is -0.123. The standard InChI is InChI=1S/C15H20N2O/c1-5-15(6-2,10-16)14(18)17-13-9-7-8-11(3)12(13)4/h7-9H,5-6H2,1-4H3,(H,17,18). The molecule has 0 aliphatic carbocycles. The van der Waals surface area contributed by atoms with Gasteiger partial charge in [-0.25, -0.2) is 0 Å². The van der Waals surface area contributed by atoms with Crippen LogP contribution in [0.3, 0.4) is 0 Å². The molecule has 0 saturated heterocycles. The second-order valence-electron chi connectivity index (χ2n) is 4.60. The van der Waals surface area contributed by atoms with Crippen molar-refractivity contribution in [1.82, 2.24) is 0 Å². The van der Waals surface area contributed by atoms with Gasteiger partial charge in [0.15, 0.2) is 0 Å². The zero-order valence-corrected chi connectivity index (χ0v) is 11.5. The number of nitrogens with zero attached hydrogens (tertiary/aromatic N) is 1. The Hall–Kier alpha value is -1.82. The van der Waals surface area contributed by atoms with Crippen molar-refractivity contribution in [2.75, 3.05) is 5.32 Å². The lowest BCUT2D eigenvalue weighted by Gasteiger charge is -2.23. The van der Waals surface area contributed by atoms with E-state index in [2.05, 4.69) is 11.4 Å². The number of nitrogens with one attached hydrogen (secondary N) is 1. The van der Waals surface area contributed by atoms with Crippen LogP contribution in [0.15, 0.2) is 18.2 Å². The molecule has 18 heavy (non-hydrogen) atoms. The Morgan fingerprint density at radius 2 is 1.94 bits per heavy atom. The third kappa shape index (κ3) is 2.53. The fourth-order valence-corrected chi connectivity index (χ4v) is 1.91. The van der Waals surface area contributed by atoms with Crippen LogP contribution in [0.1, 0.15) is 37.8 Å². The Morgan fingerprint density at radius 3 is 2.44 bits per heavy atom. The SMILES string of the molecule is CCC(C#N)(CC)C(=O)Nc1cccc(C)c1C. The zero-order chi connectivity index (χ0) is 13.8. The lowest BCUT2D eigenvalue weighted by atomic mass is 9.83. The quantitative estimate of drug-likeness (QED) is 0.880. The van der Waals surface area contributed by atoms with Gasteiger partial charge in [0.25, 0.3) is 0 Å². The molecule has 1 rings (SSSR count). The topological polar surface area (TPSA) is 52.9 Å². The molecule has 0 aliphatic rings. The van der Waals surface area contributed by atoms with Crippen molar-refractivity contribution in [3.8, 4) is 6.07 Å². The van der Waals surface area contributed by atoms with E-state index in [4.69, 9.17) is 0 Å². The van der Waals surface area contributed by atoms with Crippen molar-refractivity contribution >= 4 is 11.6 Å². The Balaban J connectivity index is 3.01. The van der Waals surface area contributed by atoms with Gasteiger partial charge < -0.3 is 5.32 Å². The molecule has 0 unspecified atom stereocenters. The minimum absolute atomic E-state index is 0.205. The van der Waals surface area contributed by atoms with Gasteiger partial charge in [-0.05, 0) is 43.9 Å². The normalized spacial score (nSPS) is 10.8. The van der Waals surface area contributed by atoms with Crippen molar-refractivity contribution in [2.45, 2.75) is 40.5 Å². The molecule has 0 aliphatic heterocycles. The van der Waals surface area contributed by atoms with E-state index >= 15 is 0 Å². The van der Waals surface area contributed by atoms with E-state index in [1.54, 1.807) is 0 Å². The molecule has 3 heteroatoms. The summed E-state index contributed by atoms with van der Waals surface area (Å²) in [4.78, 5) is 12.3. The Morgan fingerprint density at radius 1 is 1.33 bits per heavy atom. The summed E-state index contributed by atoms with van der Waals surface area (Å²) in [5.41, 5.74) is 2.05. The number of carbonyl (C=O) groups excluding carboxylic acids is 1. The van der Waals surface area contributed by atoms with Crippen LogP contribution in [0, 0.1) is 30.6 Å². The molecule has 3 nitrogen and oxygen atoms in total. The van der Waals surface area contributed by atoms with Crippen LogP contribution in [0.2, 0.25) is 0 Å². The Bertz CT molecular complexity index is 482. The monoisotopic (exact) mass is 244 g/mol. The molecule has 0 radical (unpaired) electrons. The number of rotatable bonds is 4. The number of carbonyl (C=O) groups is 1. The van der Waals surface area contributed by atoms with E-state index in [1.807, 2.05) is 45.9 Å². The molecule has 0 saturated carbocycles. The van der Waals surface area contributed by atoms with Crippen LogP contribution in [-0.4, -0.2) is 5.91 Å². The first-order valence-corrected chi connectivity index (χ1v) is 6.29. The van der Waals surface area contributed by atoms with Gasteiger partial charge in [-0.3, -0.25) is 4.79 Å². The van der Waals surface area contributed by atoms with Crippen molar-refractivity contribution in [1.29, 1.82) is 5.26 Å². The number of aryl methyl sites for hydroxylation is 1. The second-order valence-corrected chi connectivity index (χ2v) is 4.60. The zero-order valence-electron chi connectivity index (χ0n) is 11.5. The number of hydrogen-bond acceptors (Lipinski definition) is 2. The summed E-state index contributed by atoms with van der Waals surface area (Å²) in [6.45, 7) is 7.71. The lowest BCUT2D eigenvalue weighted by Crippen LogP contribution is -2.34. The van der Waals surface area contributed by atoms with Crippen molar-refractivity contribution in [3.05, 3.63) is 29.3 Å². The fraction of sp³-hybridized carbons (Fsp3) is 0.467. The molecule has 96 valence electrons. The number of hydrogen-bond donors (Lipinski definition) is 1. The maximum Gasteiger partial charge on any atom is 0.244 e. The van der Waals surface area contributed by atoms with Crippen molar-refractivity contribution < 1.29 is 4.79 Å². The van der Waals surface area contributed by atoms with Crippen LogP contribution in [0.4, 0.5) is 5.69 Å². The molecule has 0 heterocycles. The summed E-state index contributed by atoms with van der Waals surface area (Å²) in [5.74, 6) is -0.205. The molecular weight excluding hydrogens is 224 g/mol. The van der Waals surface area contributed by atoms with Gasteiger partial charge >= 0.3 is 0 Å². The van der Waals surface area contributed by atoms with Crippen molar-refractivity contribution in [2.24, 2.45) is 5.41 Å². The van der Waals surface area contributed by atoms with Crippen LogP contribution < -0.4 is 5.32 Å². The van der Waals surface area contributed by atoms with E-state index in [1.165, 1.54) is 0 Å². The first-order valence-electron chi connectivity index (χ1n) is 6.29. The summed E-state index contributed by atoms with van der Waals surface area (Å²) in [6.07, 6.45) is 1.05. The molecule has 1 aromatic carbocycles. The van der Waals surface area contributed by atoms with Gasteiger partial charge in [0.2, 0.25) is 5.91 Å². The molecule has 0 spiro atoms. The summed E-state index contributed by atoms with van der Waals surface area (Å²) >= 11 is 0. The van der Waals surface area contributed by atoms with E-state index in [0.717, 1.165) is 16.8 Å². The summed E-state index contributed by atoms with van der Waals surface area (Å²) < 4.78 is 0. The molecule has 0 fully saturated rings. The molecule has 1 aromatic rings. The van der Waals surface area contributed by atoms with E-state index in [9.17, 15) is 10.1 Å². The van der Waals surface area contributed by atoms with Crippen molar-refractivity contribution in [3.63, 3.8) is 0 Å². The van der Waals surface area contributed by atoms with Crippen LogP contribution in [-0.2, 0) is 4.79 Å². The number of anilines is 1. The third-order valence-corrected chi connectivity index (χ3v) is 3.71. The predicted molar refractivity (Wildman–Crippen MR) is 73.2 cm³/mol. The van der Waals surface area contributed by atoms with Crippen LogP contribution in [0.5, 0.6) is 0 Å². The molecular formula is C15H20N2O. The highest BCUT2D eigenvalue weighted by Crippen LogP contribution is 2.28. The number of benzene rings is 1. The molecule has 0 bridgehead atoms. The molecule has 0 aromatic heterocycles. The maximum atomic E-state index is 12.3. The fourth-order valence-electron chi connectivity index (χ4n) is 1.91. The summed E-state index contributed by atoms with van der Waals surface area (Å²) in [6, 6.07) is 7.93. The Labute approximate surface area is 109 Å². The average Bonchev–Trinajstić information content (AvgIpc) is 2.38. The van der Waals surface area contributed by atoms with Crippen LogP contribution >= 0.6 is 0 Å². The largest absolute Gasteiger partial charge is 0.324 e. The van der Waals surface area contributed by atoms with Gasteiger partial charge in [0.05, 0.1) is 6.07 Å². The minimum Gasteiger partial charge on any atom is -0.324 e. The van der Waals surface area contributed by atoms with Gasteiger partial charge in [0, 0.05) is 5.69 Å². The summed E-state index contributed by atoms with van der Waals surface area (Å²) in [5, 5.41) is 12.1. The highest BCUT2D eigenvalue weighted by molar-refractivity contribution is 5.97. The minimum atomic E-state index is -0.920. The van der Waals surface area contributed by atoms with E-state index in [-0.39, 0.29) is 5.91 Å². The highest BCUT2D eigenvalue weighted by Gasteiger charge is 2.35. The average molecular weight is 244 g/mol. The third-order valence-electron chi connectivity index (χ3n) is 3.71. The summed E-state index contributed by atoms with van der Waals surface area (Å²) in [7, 11) is 0. The number of amides is 1. The highest BCUT2D eigenvalue weighted by atomic mass is 16.2. The predicted octanol–water partition coefficient (Wildman–Crippen LogP) is 3.57. The van der Waals surface area contributed by atoms with Gasteiger partial charge in [-0.1, -0.05) is 26.0 Å². The first-order chi connectivity index (χ1) is 8.50. The smallest absolute Gasteiger partial charge is 0.244 e. The van der Waals surface area contributed by atoms with Gasteiger partial charge in [-0.2, -0.15) is 5.26 Å². The molecule has 1 amide bonds. The second kappa shape index (κ2) is 5.68.